The Morgan fingerprint density at radius 2 is 1.05 bits per heavy atom. The molecule has 0 aliphatic heterocycles. The third-order valence-electron chi connectivity index (χ3n) is 10.7. The molecule has 6 rings (SSSR count). The number of hydrogen-bond donors (Lipinski definition) is 0. The molecule has 0 bridgehead atoms. The van der Waals surface area contributed by atoms with Crippen LogP contribution in [0.3, 0.4) is 0 Å². The van der Waals surface area contributed by atoms with Crippen molar-refractivity contribution in [2.24, 2.45) is 0 Å². The summed E-state index contributed by atoms with van der Waals surface area (Å²) < 4.78 is 0. The van der Waals surface area contributed by atoms with Crippen LogP contribution in [0.25, 0.3) is 11.1 Å². The molecule has 0 amide bonds. The molecule has 0 spiro atoms. The smallest absolute Gasteiger partial charge is 0.0603 e. The molecule has 0 aromatic heterocycles. The highest BCUT2D eigenvalue weighted by atomic mass is 15.1. The van der Waals surface area contributed by atoms with Gasteiger partial charge in [-0.15, -0.1) is 0 Å². The van der Waals surface area contributed by atoms with Crippen molar-refractivity contribution in [1.29, 1.82) is 0 Å². The zero-order chi connectivity index (χ0) is 30.6. The van der Waals surface area contributed by atoms with Crippen molar-refractivity contribution < 1.29 is 0 Å². The topological polar surface area (TPSA) is 6.48 Å². The monoisotopic (exact) mass is 566 g/mol. The van der Waals surface area contributed by atoms with E-state index in [0.29, 0.717) is 0 Å². The van der Waals surface area contributed by atoms with Gasteiger partial charge in [-0.3, -0.25) is 9.80 Å². The third kappa shape index (κ3) is 4.55. The minimum Gasteiger partial charge on any atom is -0.299 e. The van der Waals surface area contributed by atoms with Crippen LogP contribution in [-0.2, 0) is 11.8 Å². The molecule has 0 N–H and O–H groups in total. The summed E-state index contributed by atoms with van der Waals surface area (Å²) in [7, 11) is 8.99. The molecule has 2 heteroatoms. The summed E-state index contributed by atoms with van der Waals surface area (Å²) in [5, 5.41) is 0. The van der Waals surface area contributed by atoms with E-state index >= 15 is 0 Å². The summed E-state index contributed by atoms with van der Waals surface area (Å²) in [5.74, 6) is 0. The summed E-state index contributed by atoms with van der Waals surface area (Å²) in [6.45, 7) is 11.9. The lowest BCUT2D eigenvalue weighted by Gasteiger charge is -2.41. The Bertz CT molecular complexity index is 1710. The van der Waals surface area contributed by atoms with Crippen molar-refractivity contribution in [2.45, 2.75) is 58.5 Å². The number of hydrogen-bond acceptors (Lipinski definition) is 2. The SMILES string of the molecule is CC1=C(C)C(C)(c2cc3c(c(C(c4ccccc4)N(C)C)c2C(c2ccccc2)N(C)C)Cc2ccccc2-3)C(C)=C1C. The first kappa shape index (κ1) is 29.4. The van der Waals surface area contributed by atoms with E-state index in [1.807, 2.05) is 0 Å². The second-order valence-electron chi connectivity index (χ2n) is 13.3. The number of benzene rings is 4. The third-order valence-corrected chi connectivity index (χ3v) is 10.7. The van der Waals surface area contributed by atoms with E-state index in [1.54, 1.807) is 0 Å². The quantitative estimate of drug-likeness (QED) is 0.194. The number of rotatable bonds is 7. The fraction of sp³-hybridized carbons (Fsp3) is 0.317. The summed E-state index contributed by atoms with van der Waals surface area (Å²) in [6.07, 6.45) is 0.957. The summed E-state index contributed by atoms with van der Waals surface area (Å²) in [4.78, 5) is 4.86. The van der Waals surface area contributed by atoms with Gasteiger partial charge in [0.05, 0.1) is 12.1 Å². The normalized spacial score (nSPS) is 17.1. The Labute approximate surface area is 259 Å². The van der Waals surface area contributed by atoms with E-state index < -0.39 is 0 Å². The van der Waals surface area contributed by atoms with Crippen LogP contribution in [0.4, 0.5) is 0 Å². The molecule has 4 aromatic rings. The van der Waals surface area contributed by atoms with Gasteiger partial charge in [-0.2, -0.15) is 0 Å². The van der Waals surface area contributed by atoms with Gasteiger partial charge in [0.25, 0.3) is 0 Å². The van der Waals surface area contributed by atoms with Crippen LogP contribution in [0, 0.1) is 0 Å². The van der Waals surface area contributed by atoms with Crippen molar-refractivity contribution in [2.75, 3.05) is 28.2 Å². The molecule has 43 heavy (non-hydrogen) atoms. The molecule has 220 valence electrons. The summed E-state index contributed by atoms with van der Waals surface area (Å²) in [6, 6.07) is 34.1. The van der Waals surface area contributed by atoms with E-state index in [0.717, 1.165) is 6.42 Å². The van der Waals surface area contributed by atoms with Gasteiger partial charge in [0, 0.05) is 5.41 Å². The van der Waals surface area contributed by atoms with Gasteiger partial charge >= 0.3 is 0 Å². The van der Waals surface area contributed by atoms with Crippen molar-refractivity contribution in [3.63, 3.8) is 0 Å². The van der Waals surface area contributed by atoms with Gasteiger partial charge in [0.15, 0.2) is 0 Å². The molecule has 0 saturated carbocycles. The van der Waals surface area contributed by atoms with Gasteiger partial charge in [0.1, 0.15) is 0 Å². The van der Waals surface area contributed by atoms with E-state index in [9.17, 15) is 0 Å². The van der Waals surface area contributed by atoms with Crippen molar-refractivity contribution >= 4 is 0 Å². The highest BCUT2D eigenvalue weighted by Gasteiger charge is 2.44. The van der Waals surface area contributed by atoms with Gasteiger partial charge in [0.2, 0.25) is 0 Å². The van der Waals surface area contributed by atoms with Crippen LogP contribution in [-0.4, -0.2) is 38.0 Å². The highest BCUT2D eigenvalue weighted by Crippen LogP contribution is 2.56. The van der Waals surface area contributed by atoms with Crippen LogP contribution < -0.4 is 0 Å². The maximum atomic E-state index is 2.59. The molecule has 2 unspecified atom stereocenters. The number of nitrogens with zero attached hydrogens (tertiary/aromatic N) is 2. The Kier molecular flexibility index (Phi) is 7.57. The van der Waals surface area contributed by atoms with E-state index in [-0.39, 0.29) is 17.5 Å². The van der Waals surface area contributed by atoms with Crippen LogP contribution in [0.15, 0.2) is 113 Å². The van der Waals surface area contributed by atoms with Gasteiger partial charge in [-0.1, -0.05) is 96.1 Å². The second kappa shape index (κ2) is 11.1. The van der Waals surface area contributed by atoms with Crippen LogP contribution in [0.1, 0.15) is 85.6 Å². The molecule has 0 radical (unpaired) electrons. The Balaban J connectivity index is 1.83. The number of fused-ring (bicyclic) bond motifs is 3. The molecular weight excluding hydrogens is 520 g/mol. The summed E-state index contributed by atoms with van der Waals surface area (Å²) in [5.41, 5.74) is 18.3. The predicted molar refractivity (Wildman–Crippen MR) is 183 cm³/mol. The Hall–Kier alpha value is -3.72. The minimum absolute atomic E-state index is 0.0880. The fourth-order valence-corrected chi connectivity index (χ4v) is 8.06. The van der Waals surface area contributed by atoms with E-state index in [2.05, 4.69) is 164 Å². The zero-order valence-electron chi connectivity index (χ0n) is 27.4. The minimum atomic E-state index is -0.207. The zero-order valence-corrected chi connectivity index (χ0v) is 27.4. The van der Waals surface area contributed by atoms with Gasteiger partial charge < -0.3 is 0 Å². The molecule has 2 aliphatic rings. The van der Waals surface area contributed by atoms with Crippen molar-refractivity contribution in [3.05, 3.63) is 152 Å². The molecule has 4 aromatic carbocycles. The molecular formula is C41H46N2. The lowest BCUT2D eigenvalue weighted by atomic mass is 9.67. The molecule has 2 aliphatic carbocycles. The van der Waals surface area contributed by atoms with Crippen LogP contribution in [0.2, 0.25) is 0 Å². The molecule has 2 nitrogen and oxygen atoms in total. The van der Waals surface area contributed by atoms with Crippen LogP contribution in [0.5, 0.6) is 0 Å². The lowest BCUT2D eigenvalue weighted by Crippen LogP contribution is -2.33. The average Bonchev–Trinajstić information content (AvgIpc) is 3.45. The highest BCUT2D eigenvalue weighted by molar-refractivity contribution is 5.82. The van der Waals surface area contributed by atoms with Crippen molar-refractivity contribution in [3.8, 4) is 11.1 Å². The standard InChI is InChI=1S/C41H46N2/c1-26-27(2)29(4)41(5,28(26)3)36-25-34-33-23-17-16-22-32(33)24-35(34)37(39(42(6)7)30-18-12-10-13-19-30)38(36)40(43(8)9)31-20-14-11-15-21-31/h10-23,25,39-40H,24H2,1-9H3. The number of allylic oxidation sites excluding steroid dienone is 4. The Morgan fingerprint density at radius 1 is 0.581 bits per heavy atom. The molecule has 0 saturated heterocycles. The first-order chi connectivity index (χ1) is 20.6. The first-order valence-corrected chi connectivity index (χ1v) is 15.6. The Morgan fingerprint density at radius 3 is 1.56 bits per heavy atom. The average molecular weight is 567 g/mol. The molecule has 2 atom stereocenters. The van der Waals surface area contributed by atoms with E-state index in [4.69, 9.17) is 0 Å². The van der Waals surface area contributed by atoms with Gasteiger partial charge in [-0.05, 0) is 137 Å². The summed E-state index contributed by atoms with van der Waals surface area (Å²) >= 11 is 0. The first-order valence-electron chi connectivity index (χ1n) is 15.6. The second-order valence-corrected chi connectivity index (χ2v) is 13.3. The molecule has 0 heterocycles. The largest absolute Gasteiger partial charge is 0.299 e. The molecule has 0 fully saturated rings. The fourth-order valence-electron chi connectivity index (χ4n) is 8.06. The van der Waals surface area contributed by atoms with Crippen molar-refractivity contribution in [1.82, 2.24) is 9.80 Å². The maximum absolute atomic E-state index is 2.59. The lowest BCUT2D eigenvalue weighted by molar-refractivity contribution is 0.314. The van der Waals surface area contributed by atoms with Crippen LogP contribution >= 0.6 is 0 Å². The predicted octanol–water partition coefficient (Wildman–Crippen LogP) is 9.50. The van der Waals surface area contributed by atoms with Gasteiger partial charge in [-0.25, -0.2) is 0 Å². The van der Waals surface area contributed by atoms with E-state index in [1.165, 1.54) is 72.4 Å². The maximum Gasteiger partial charge on any atom is 0.0603 e.